The number of carboxylic acids is 1. The van der Waals surface area contributed by atoms with E-state index in [-0.39, 0.29) is 23.2 Å². The molecule has 1 aliphatic heterocycles. The number of likely N-dealkylation sites (tertiary alicyclic amines) is 1. The molecular weight excluding hydrogens is 410 g/mol. The van der Waals surface area contributed by atoms with Gasteiger partial charge in [-0.15, -0.1) is 0 Å². The van der Waals surface area contributed by atoms with Crippen LogP contribution < -0.4 is 4.74 Å². The number of aryl methyl sites for hydroxylation is 1. The fourth-order valence-electron chi connectivity index (χ4n) is 4.57. The molecule has 0 radical (unpaired) electrons. The van der Waals surface area contributed by atoms with Gasteiger partial charge in [0.15, 0.2) is 0 Å². The Kier molecular flexibility index (Phi) is 5.65. The first-order valence-electron chi connectivity index (χ1n) is 11.1. The molecule has 0 atom stereocenters. The van der Waals surface area contributed by atoms with E-state index in [1.54, 1.807) is 9.58 Å². The van der Waals surface area contributed by atoms with Gasteiger partial charge in [0.2, 0.25) is 0 Å². The molecule has 2 aromatic rings. The Balaban J connectivity index is 1.30. The second kappa shape index (κ2) is 8.15. The van der Waals surface area contributed by atoms with Crippen LogP contribution in [0.2, 0.25) is 0 Å². The van der Waals surface area contributed by atoms with Crippen LogP contribution in [-0.4, -0.2) is 56.6 Å². The van der Waals surface area contributed by atoms with Crippen molar-refractivity contribution in [3.8, 4) is 11.4 Å². The summed E-state index contributed by atoms with van der Waals surface area (Å²) in [4.78, 5) is 25.1. The third-order valence-corrected chi connectivity index (χ3v) is 6.24. The molecule has 0 bridgehead atoms. The average molecular weight is 442 g/mol. The van der Waals surface area contributed by atoms with Gasteiger partial charge in [0, 0.05) is 24.7 Å². The number of carbonyl (C=O) groups excluding carboxylic acids is 1. The molecule has 1 saturated heterocycles. The Morgan fingerprint density at radius 3 is 2.44 bits per heavy atom. The zero-order valence-corrected chi connectivity index (χ0v) is 19.1. The molecule has 1 aliphatic carbocycles. The van der Waals surface area contributed by atoms with Crippen molar-refractivity contribution in [3.63, 3.8) is 0 Å². The molecular formula is C24H31N3O5. The number of rotatable bonds is 4. The lowest BCUT2D eigenvalue weighted by molar-refractivity contribution is -0.0607. The molecule has 32 heavy (non-hydrogen) atoms. The van der Waals surface area contributed by atoms with Gasteiger partial charge in [-0.05, 0) is 77.1 Å². The minimum Gasteiger partial charge on any atom is -0.490 e. The second-order valence-corrected chi connectivity index (χ2v) is 10.1. The van der Waals surface area contributed by atoms with Crippen molar-refractivity contribution in [3.05, 3.63) is 41.7 Å². The van der Waals surface area contributed by atoms with Gasteiger partial charge in [0.25, 0.3) is 0 Å². The molecule has 1 N–H and O–H groups in total. The van der Waals surface area contributed by atoms with E-state index >= 15 is 0 Å². The standard InChI is InChI=1S/C24H31N3O5/c1-16-11-19(5-6-20(16)27-13-17(12-25-27)21(28)29)31-18-7-9-24(10-8-18)14-26(15-24)22(30)32-23(2,3)4/h5-6,11-13,18H,7-10,14-15H2,1-4H3,(H,28,29). The monoisotopic (exact) mass is 441 g/mol. The SMILES string of the molecule is Cc1cc(OC2CCC3(CC2)CN(C(=O)OC(C)(C)C)C3)ccc1-n1cc(C(=O)O)cn1. The highest BCUT2D eigenvalue weighted by Gasteiger charge is 2.48. The third kappa shape index (κ3) is 4.74. The number of hydrogen-bond donors (Lipinski definition) is 1. The number of aromatic nitrogens is 2. The molecule has 0 unspecified atom stereocenters. The van der Waals surface area contributed by atoms with Crippen molar-refractivity contribution in [1.29, 1.82) is 0 Å². The van der Waals surface area contributed by atoms with E-state index < -0.39 is 11.6 Å². The molecule has 1 aromatic carbocycles. The fourth-order valence-corrected chi connectivity index (χ4v) is 4.57. The normalized spacial score (nSPS) is 18.3. The van der Waals surface area contributed by atoms with Gasteiger partial charge in [-0.25, -0.2) is 14.3 Å². The number of ether oxygens (including phenoxy) is 2. The molecule has 4 rings (SSSR count). The van der Waals surface area contributed by atoms with E-state index in [1.165, 1.54) is 12.4 Å². The summed E-state index contributed by atoms with van der Waals surface area (Å²) in [5, 5.41) is 13.2. The molecule has 2 aliphatic rings. The Labute approximate surface area is 188 Å². The van der Waals surface area contributed by atoms with Gasteiger partial charge in [-0.2, -0.15) is 5.10 Å². The van der Waals surface area contributed by atoms with Crippen molar-refractivity contribution in [2.24, 2.45) is 5.41 Å². The summed E-state index contributed by atoms with van der Waals surface area (Å²) in [6.45, 7) is 9.16. The molecule has 2 fully saturated rings. The number of nitrogens with zero attached hydrogens (tertiary/aromatic N) is 3. The van der Waals surface area contributed by atoms with Crippen molar-refractivity contribution in [1.82, 2.24) is 14.7 Å². The van der Waals surface area contributed by atoms with Crippen molar-refractivity contribution in [2.45, 2.75) is 65.1 Å². The van der Waals surface area contributed by atoms with Crippen LogP contribution in [0.3, 0.4) is 0 Å². The average Bonchev–Trinajstić information content (AvgIpc) is 3.16. The quantitative estimate of drug-likeness (QED) is 0.754. The van der Waals surface area contributed by atoms with Crippen molar-refractivity contribution in [2.75, 3.05) is 13.1 Å². The fraction of sp³-hybridized carbons (Fsp3) is 0.542. The second-order valence-electron chi connectivity index (χ2n) is 10.1. The number of amides is 1. The number of aromatic carboxylic acids is 1. The van der Waals surface area contributed by atoms with Crippen LogP contribution in [0.4, 0.5) is 4.79 Å². The van der Waals surface area contributed by atoms with Crippen LogP contribution >= 0.6 is 0 Å². The van der Waals surface area contributed by atoms with E-state index in [0.29, 0.717) is 0 Å². The molecule has 2 heterocycles. The van der Waals surface area contributed by atoms with E-state index in [9.17, 15) is 9.59 Å². The van der Waals surface area contributed by atoms with E-state index in [1.807, 2.05) is 45.9 Å². The summed E-state index contributed by atoms with van der Waals surface area (Å²) >= 11 is 0. The maximum atomic E-state index is 12.2. The highest BCUT2D eigenvalue weighted by Crippen LogP contribution is 2.45. The summed E-state index contributed by atoms with van der Waals surface area (Å²) in [5.41, 5.74) is 1.68. The molecule has 1 spiro atoms. The summed E-state index contributed by atoms with van der Waals surface area (Å²) in [6.07, 6.45) is 6.79. The molecule has 1 saturated carbocycles. The molecule has 172 valence electrons. The van der Waals surface area contributed by atoms with Gasteiger partial charge in [0.1, 0.15) is 11.4 Å². The highest BCUT2D eigenvalue weighted by molar-refractivity contribution is 5.87. The topological polar surface area (TPSA) is 93.9 Å². The Bertz CT molecular complexity index is 1010. The van der Waals surface area contributed by atoms with E-state index in [4.69, 9.17) is 14.6 Å². The summed E-state index contributed by atoms with van der Waals surface area (Å²) in [5.74, 6) is -0.189. The molecule has 8 nitrogen and oxygen atoms in total. The van der Waals surface area contributed by atoms with Crippen LogP contribution in [0.5, 0.6) is 5.75 Å². The summed E-state index contributed by atoms with van der Waals surface area (Å²) < 4.78 is 13.3. The van der Waals surface area contributed by atoms with Crippen molar-refractivity contribution < 1.29 is 24.2 Å². The highest BCUT2D eigenvalue weighted by atomic mass is 16.6. The lowest BCUT2D eigenvalue weighted by atomic mass is 9.68. The predicted molar refractivity (Wildman–Crippen MR) is 118 cm³/mol. The Hall–Kier alpha value is -3.03. The number of carbonyl (C=O) groups is 2. The van der Waals surface area contributed by atoms with Gasteiger partial charge in [-0.1, -0.05) is 0 Å². The first kappa shape index (κ1) is 22.2. The minimum atomic E-state index is -0.996. The largest absolute Gasteiger partial charge is 0.490 e. The predicted octanol–water partition coefficient (Wildman–Crippen LogP) is 4.44. The van der Waals surface area contributed by atoms with Gasteiger partial charge in [0.05, 0.1) is 23.6 Å². The number of benzene rings is 1. The lowest BCUT2D eigenvalue weighted by Crippen LogP contribution is -2.60. The van der Waals surface area contributed by atoms with Crippen LogP contribution in [-0.2, 0) is 4.74 Å². The smallest absolute Gasteiger partial charge is 0.410 e. The van der Waals surface area contributed by atoms with Crippen molar-refractivity contribution >= 4 is 12.1 Å². The number of hydrogen-bond acceptors (Lipinski definition) is 5. The van der Waals surface area contributed by atoms with Crippen LogP contribution in [0, 0.1) is 12.3 Å². The Morgan fingerprint density at radius 2 is 1.88 bits per heavy atom. The molecule has 8 heteroatoms. The van der Waals surface area contributed by atoms with Gasteiger partial charge >= 0.3 is 12.1 Å². The zero-order chi connectivity index (χ0) is 23.1. The maximum Gasteiger partial charge on any atom is 0.410 e. The van der Waals surface area contributed by atoms with Gasteiger partial charge in [-0.3, -0.25) is 0 Å². The molecule has 1 amide bonds. The number of carboxylic acid groups (broad SMARTS) is 1. The first-order chi connectivity index (χ1) is 15.0. The third-order valence-electron chi connectivity index (χ3n) is 6.24. The Morgan fingerprint density at radius 1 is 1.19 bits per heavy atom. The maximum absolute atomic E-state index is 12.2. The minimum absolute atomic E-state index is 0.155. The van der Waals surface area contributed by atoms with Crippen LogP contribution in [0.25, 0.3) is 5.69 Å². The van der Waals surface area contributed by atoms with Crippen LogP contribution in [0.15, 0.2) is 30.6 Å². The first-order valence-corrected chi connectivity index (χ1v) is 11.1. The van der Waals surface area contributed by atoms with E-state index in [0.717, 1.165) is 55.8 Å². The van der Waals surface area contributed by atoms with Gasteiger partial charge < -0.3 is 19.5 Å². The van der Waals surface area contributed by atoms with E-state index in [2.05, 4.69) is 5.10 Å². The lowest BCUT2D eigenvalue weighted by Gasteiger charge is -2.53. The van der Waals surface area contributed by atoms with Crippen LogP contribution in [0.1, 0.15) is 62.4 Å². The summed E-state index contributed by atoms with van der Waals surface area (Å²) in [7, 11) is 0. The summed E-state index contributed by atoms with van der Waals surface area (Å²) in [6, 6.07) is 5.77. The zero-order valence-electron chi connectivity index (χ0n) is 19.1. The molecule has 1 aromatic heterocycles.